The van der Waals surface area contributed by atoms with Crippen LogP contribution in [0, 0.1) is 23.2 Å². The van der Waals surface area contributed by atoms with Crippen molar-refractivity contribution in [1.29, 1.82) is 0 Å². The van der Waals surface area contributed by atoms with Gasteiger partial charge in [-0.1, -0.05) is 71.5 Å². The lowest BCUT2D eigenvalue weighted by Crippen LogP contribution is -2.58. The van der Waals surface area contributed by atoms with Crippen molar-refractivity contribution >= 4 is 47.6 Å². The summed E-state index contributed by atoms with van der Waals surface area (Å²) in [6, 6.07) is 7.71. The smallest absolute Gasteiger partial charge is 0.344 e. The van der Waals surface area contributed by atoms with Crippen LogP contribution in [-0.4, -0.2) is 101 Å². The van der Waals surface area contributed by atoms with E-state index in [1.54, 1.807) is 32.0 Å². The van der Waals surface area contributed by atoms with E-state index in [0.717, 1.165) is 27.7 Å². The molecule has 0 unspecified atom stereocenters. The van der Waals surface area contributed by atoms with Gasteiger partial charge in [0.2, 0.25) is 0 Å². The lowest BCUT2D eigenvalue weighted by atomic mass is 9.72. The van der Waals surface area contributed by atoms with Crippen molar-refractivity contribution in [2.45, 2.75) is 117 Å². The van der Waals surface area contributed by atoms with E-state index in [9.17, 15) is 43.5 Å². The maximum Gasteiger partial charge on any atom is 0.344 e. The molecule has 2 aliphatic carbocycles. The number of rotatable bonds is 10. The molecule has 0 aromatic heterocycles. The average molecular weight is 801 g/mol. The van der Waals surface area contributed by atoms with Crippen molar-refractivity contribution in [3.05, 3.63) is 60.2 Å². The maximum atomic E-state index is 14.6. The quantitative estimate of drug-likeness (QED) is 0.203. The Morgan fingerprint density at radius 2 is 1.39 bits per heavy atom. The third kappa shape index (κ3) is 10.9. The van der Waals surface area contributed by atoms with E-state index in [1.807, 2.05) is 0 Å². The first-order valence-electron chi connectivity index (χ1n) is 18.3. The molecule has 1 saturated carbocycles. The second kappa shape index (κ2) is 18.3. The number of benzene rings is 1. The van der Waals surface area contributed by atoms with Crippen LogP contribution in [0.15, 0.2) is 54.6 Å². The van der Waals surface area contributed by atoms with Gasteiger partial charge in [0.05, 0.1) is 17.4 Å². The first-order valence-corrected chi connectivity index (χ1v) is 18.3. The summed E-state index contributed by atoms with van der Waals surface area (Å²) >= 11 is 0. The lowest BCUT2D eigenvalue weighted by molar-refractivity contribution is -0.195. The zero-order valence-corrected chi connectivity index (χ0v) is 33.9. The molecule has 57 heavy (non-hydrogen) atoms. The summed E-state index contributed by atoms with van der Waals surface area (Å²) in [5.41, 5.74) is -6.32. The number of carbonyl (C=O) groups is 8. The lowest BCUT2D eigenvalue weighted by Gasteiger charge is -2.44. The Hall–Kier alpha value is -5.38. The van der Waals surface area contributed by atoms with Crippen molar-refractivity contribution in [3.8, 4) is 0 Å². The first-order chi connectivity index (χ1) is 26.3. The highest BCUT2D eigenvalue weighted by molar-refractivity contribution is 5.92. The van der Waals surface area contributed by atoms with E-state index in [2.05, 4.69) is 6.58 Å². The van der Waals surface area contributed by atoms with Gasteiger partial charge < -0.3 is 38.3 Å². The van der Waals surface area contributed by atoms with E-state index in [4.69, 9.17) is 33.2 Å². The van der Waals surface area contributed by atoms with E-state index in [-0.39, 0.29) is 5.56 Å². The van der Waals surface area contributed by atoms with Crippen LogP contribution < -0.4 is 0 Å². The summed E-state index contributed by atoms with van der Waals surface area (Å²) in [7, 11) is 0. The van der Waals surface area contributed by atoms with Crippen LogP contribution >= 0.6 is 0 Å². The van der Waals surface area contributed by atoms with E-state index >= 15 is 0 Å². The summed E-state index contributed by atoms with van der Waals surface area (Å²) in [4.78, 5) is 105. The number of hydrogen-bond acceptors (Lipinski definition) is 16. The zero-order chi connectivity index (χ0) is 43.2. The molecule has 0 radical (unpaired) electrons. The van der Waals surface area contributed by atoms with Gasteiger partial charge in [-0.15, -0.1) is 0 Å². The van der Waals surface area contributed by atoms with Crippen molar-refractivity contribution < 1.29 is 76.6 Å². The fourth-order valence-electron chi connectivity index (χ4n) is 7.22. The van der Waals surface area contributed by atoms with Gasteiger partial charge in [0.15, 0.2) is 36.8 Å². The van der Waals surface area contributed by atoms with Gasteiger partial charge in [-0.2, -0.15) is 0 Å². The molecule has 312 valence electrons. The topological polar surface area (TPSA) is 221 Å². The number of fused-ring (bicyclic) bond motifs is 1. The number of allylic oxidation sites excluding steroid dienone is 1. The molecule has 1 N–H and O–H groups in total. The van der Waals surface area contributed by atoms with Crippen LogP contribution in [0.3, 0.4) is 0 Å². The maximum absolute atomic E-state index is 14.6. The van der Waals surface area contributed by atoms with Crippen molar-refractivity contribution in [2.75, 3.05) is 6.61 Å². The summed E-state index contributed by atoms with van der Waals surface area (Å²) in [6.07, 6.45) is -6.67. The summed E-state index contributed by atoms with van der Waals surface area (Å²) in [5.74, 6) is -11.4. The molecule has 9 atom stereocenters. The Labute approximate surface area is 331 Å². The second-order valence-corrected chi connectivity index (χ2v) is 15.4. The standard InChI is InChI=1S/C41H52O16/c1-21(2)37(48)56-32-23(4)31(52-24(5)42)30-35(55-29(46)19-51-38(49)28-15-13-12-14-16-28)40(11,57-27(8)45)20-41(30,50)34(47)22(3)17-18-39(9,10)36(54-26(7)44)33(32)53-25(6)43/h12-18,21-22,30-33,35-36,50H,4,19-20H2,1-3,5-11H3/b18-17+/t22-,30-,31+,32-,33+,35+,36+,40+,41+/m0/s1. The molecule has 16 nitrogen and oxygen atoms in total. The van der Waals surface area contributed by atoms with Gasteiger partial charge in [-0.3, -0.25) is 28.8 Å². The average Bonchev–Trinajstić information content (AvgIpc) is 3.32. The summed E-state index contributed by atoms with van der Waals surface area (Å²) in [6.45, 7) is 16.2. The number of hydrogen-bond donors (Lipinski definition) is 1. The van der Waals surface area contributed by atoms with Gasteiger partial charge in [0.25, 0.3) is 0 Å². The van der Waals surface area contributed by atoms with Gasteiger partial charge in [-0.05, 0) is 19.1 Å². The van der Waals surface area contributed by atoms with E-state index in [0.29, 0.717) is 0 Å². The highest BCUT2D eigenvalue weighted by Gasteiger charge is 2.69. The molecule has 1 aromatic carbocycles. The number of ether oxygens (including phenoxy) is 7. The van der Waals surface area contributed by atoms with E-state index < -0.39 is 131 Å². The Morgan fingerprint density at radius 1 is 0.807 bits per heavy atom. The van der Waals surface area contributed by atoms with Gasteiger partial charge in [-0.25, -0.2) is 9.59 Å². The summed E-state index contributed by atoms with van der Waals surface area (Å²) in [5, 5.41) is 12.8. The molecule has 2 aliphatic rings. The molecule has 0 amide bonds. The molecule has 16 heteroatoms. The van der Waals surface area contributed by atoms with Crippen molar-refractivity contribution in [1.82, 2.24) is 0 Å². The van der Waals surface area contributed by atoms with Gasteiger partial charge in [0, 0.05) is 51.0 Å². The third-order valence-corrected chi connectivity index (χ3v) is 9.71. The highest BCUT2D eigenvalue weighted by Crippen LogP contribution is 2.52. The fourth-order valence-corrected chi connectivity index (χ4v) is 7.22. The molecular formula is C41H52O16. The van der Waals surface area contributed by atoms with E-state index in [1.165, 1.54) is 52.0 Å². The van der Waals surface area contributed by atoms with Crippen LogP contribution in [-0.2, 0) is 66.7 Å². The predicted octanol–water partition coefficient (Wildman–Crippen LogP) is 3.55. The van der Waals surface area contributed by atoms with Crippen LogP contribution in [0.5, 0.6) is 0 Å². The van der Waals surface area contributed by atoms with Crippen LogP contribution in [0.4, 0.5) is 0 Å². The number of Topliss-reactive ketones (excluding diaryl/α,β-unsaturated/α-hetero) is 1. The monoisotopic (exact) mass is 800 g/mol. The highest BCUT2D eigenvalue weighted by atomic mass is 16.6. The Bertz CT molecular complexity index is 1780. The molecule has 3 rings (SSSR count). The molecule has 0 saturated heterocycles. The fraction of sp³-hybridized carbons (Fsp3) is 0.561. The predicted molar refractivity (Wildman–Crippen MR) is 197 cm³/mol. The first kappa shape index (κ1) is 46.0. The van der Waals surface area contributed by atoms with Gasteiger partial charge in [0.1, 0.15) is 17.3 Å². The zero-order valence-electron chi connectivity index (χ0n) is 33.9. The largest absolute Gasteiger partial charge is 0.458 e. The normalized spacial score (nSPS) is 30.3. The van der Waals surface area contributed by atoms with Crippen LogP contribution in [0.25, 0.3) is 0 Å². The molecule has 0 aliphatic heterocycles. The Kier molecular flexibility index (Phi) is 14.7. The molecule has 1 fully saturated rings. The molecular weight excluding hydrogens is 748 g/mol. The third-order valence-electron chi connectivity index (χ3n) is 9.71. The number of ketones is 1. The molecule has 0 bridgehead atoms. The van der Waals surface area contributed by atoms with Crippen LogP contribution in [0.1, 0.15) is 86.0 Å². The van der Waals surface area contributed by atoms with Crippen LogP contribution in [0.2, 0.25) is 0 Å². The Balaban J connectivity index is 2.40. The minimum atomic E-state index is -2.68. The minimum absolute atomic E-state index is 0.114. The number of carbonyl (C=O) groups excluding carboxylic acids is 8. The van der Waals surface area contributed by atoms with Crippen molar-refractivity contribution in [3.63, 3.8) is 0 Å². The molecule has 0 heterocycles. The number of esters is 7. The minimum Gasteiger partial charge on any atom is -0.458 e. The molecule has 1 aromatic rings. The molecule has 0 spiro atoms. The Morgan fingerprint density at radius 3 is 1.91 bits per heavy atom. The van der Waals surface area contributed by atoms with Gasteiger partial charge >= 0.3 is 41.8 Å². The second-order valence-electron chi connectivity index (χ2n) is 15.4. The summed E-state index contributed by atoms with van der Waals surface area (Å²) < 4.78 is 39.9. The van der Waals surface area contributed by atoms with Crippen molar-refractivity contribution in [2.24, 2.45) is 23.2 Å². The number of aliphatic hydroxyl groups is 1. The SMILES string of the molecule is C=C1[C@@H](OC(C)=O)[C@H]2[C@@H](OC(=O)COC(=O)c3ccccc3)[C@](C)(OC(C)=O)C[C@]2(O)C(=O)[C@@H](C)/C=C/C(C)(C)[C@H](OC(C)=O)[C@H](OC(C)=O)[C@H]1OC(=O)C(C)C.